The molecule has 0 bridgehead atoms. The number of carboxylic acid groups (broad SMARTS) is 1. The molecule has 0 fully saturated rings. The quantitative estimate of drug-likeness (QED) is 0.510. The number of carbonyl (C=O) groups excluding carboxylic acids is 2. The highest BCUT2D eigenvalue weighted by Gasteiger charge is 2.22. The molecule has 1 N–H and O–H groups in total. The van der Waals surface area contributed by atoms with Gasteiger partial charge in [-0.15, -0.1) is 0 Å². The maximum atomic E-state index is 11.9. The number of esters is 1. The topological polar surface area (TPSA) is 80.7 Å². The van der Waals surface area contributed by atoms with Gasteiger partial charge in [0.05, 0.1) is 22.6 Å². The van der Waals surface area contributed by atoms with Crippen LogP contribution in [0.1, 0.15) is 44.9 Å². The Balaban J connectivity index is 3.30. The molecular formula is C13H13BrO5. The monoisotopic (exact) mass is 328 g/mol. The Kier molecular flexibility index (Phi) is 5.23. The number of benzene rings is 1. The molecule has 0 saturated heterocycles. The Morgan fingerprint density at radius 2 is 1.95 bits per heavy atom. The van der Waals surface area contributed by atoms with Gasteiger partial charge in [0, 0.05) is 5.56 Å². The lowest BCUT2D eigenvalue weighted by molar-refractivity contribution is 0.0525. The minimum absolute atomic E-state index is 0.0116. The van der Waals surface area contributed by atoms with Crippen LogP contribution in [-0.2, 0) is 4.74 Å². The van der Waals surface area contributed by atoms with Gasteiger partial charge in [0.1, 0.15) is 0 Å². The summed E-state index contributed by atoms with van der Waals surface area (Å²) in [6.45, 7) is 3.46. The molecule has 1 aromatic rings. The second-order valence-electron chi connectivity index (χ2n) is 3.77. The van der Waals surface area contributed by atoms with E-state index in [1.54, 1.807) is 13.8 Å². The molecule has 1 aromatic carbocycles. The molecule has 0 aromatic heterocycles. The normalized spacial score (nSPS) is 11.7. The minimum atomic E-state index is -1.22. The van der Waals surface area contributed by atoms with Crippen LogP contribution in [0.25, 0.3) is 0 Å². The van der Waals surface area contributed by atoms with Crippen molar-refractivity contribution in [2.75, 3.05) is 6.61 Å². The molecule has 0 heterocycles. The zero-order chi connectivity index (χ0) is 14.6. The van der Waals surface area contributed by atoms with E-state index >= 15 is 0 Å². The largest absolute Gasteiger partial charge is 0.478 e. The lowest BCUT2D eigenvalue weighted by Crippen LogP contribution is -2.17. The van der Waals surface area contributed by atoms with E-state index < -0.39 is 22.5 Å². The summed E-state index contributed by atoms with van der Waals surface area (Å²) in [4.78, 5) is 34.1. The number of aromatic carboxylic acids is 1. The van der Waals surface area contributed by atoms with Crippen LogP contribution >= 0.6 is 15.9 Å². The maximum Gasteiger partial charge on any atom is 0.338 e. The van der Waals surface area contributed by atoms with Crippen molar-refractivity contribution < 1.29 is 24.2 Å². The van der Waals surface area contributed by atoms with Crippen LogP contribution in [0.3, 0.4) is 0 Å². The molecule has 5 nitrogen and oxygen atoms in total. The van der Waals surface area contributed by atoms with Gasteiger partial charge in [-0.2, -0.15) is 0 Å². The van der Waals surface area contributed by atoms with Crippen molar-refractivity contribution in [1.82, 2.24) is 0 Å². The molecule has 1 atom stereocenters. The Bertz CT molecular complexity index is 522. The molecule has 19 heavy (non-hydrogen) atoms. The predicted octanol–water partition coefficient (Wildman–Crippen LogP) is 2.53. The molecule has 1 rings (SSSR count). The van der Waals surface area contributed by atoms with Crippen molar-refractivity contribution in [3.05, 3.63) is 34.9 Å². The third-order valence-electron chi connectivity index (χ3n) is 2.39. The number of Topliss-reactive ketones (excluding diaryl/α,β-unsaturated/α-hetero) is 1. The Morgan fingerprint density at radius 3 is 2.42 bits per heavy atom. The molecule has 102 valence electrons. The number of alkyl halides is 1. The Labute approximate surface area is 118 Å². The first kappa shape index (κ1) is 15.4. The number of ketones is 1. The predicted molar refractivity (Wildman–Crippen MR) is 72.1 cm³/mol. The van der Waals surface area contributed by atoms with E-state index in [0.29, 0.717) is 0 Å². The van der Waals surface area contributed by atoms with Crippen molar-refractivity contribution in [3.63, 3.8) is 0 Å². The molecule has 0 amide bonds. The fourth-order valence-corrected chi connectivity index (χ4v) is 1.74. The fourth-order valence-electron chi connectivity index (χ4n) is 1.49. The van der Waals surface area contributed by atoms with E-state index in [9.17, 15) is 14.4 Å². The summed E-state index contributed by atoms with van der Waals surface area (Å²) in [6.07, 6.45) is 0. The summed E-state index contributed by atoms with van der Waals surface area (Å²) in [5, 5.41) is 9.05. The van der Waals surface area contributed by atoms with Crippen LogP contribution in [0.4, 0.5) is 0 Å². The zero-order valence-corrected chi connectivity index (χ0v) is 12.1. The van der Waals surface area contributed by atoms with Crippen molar-refractivity contribution in [2.24, 2.45) is 0 Å². The van der Waals surface area contributed by atoms with Crippen molar-refractivity contribution in [2.45, 2.75) is 18.7 Å². The van der Waals surface area contributed by atoms with Crippen LogP contribution in [0.2, 0.25) is 0 Å². The van der Waals surface area contributed by atoms with E-state index in [-0.39, 0.29) is 23.3 Å². The van der Waals surface area contributed by atoms with E-state index in [1.165, 1.54) is 18.2 Å². The number of carboxylic acids is 1. The van der Waals surface area contributed by atoms with E-state index in [1.807, 2.05) is 0 Å². The minimum Gasteiger partial charge on any atom is -0.478 e. The smallest absolute Gasteiger partial charge is 0.338 e. The van der Waals surface area contributed by atoms with Gasteiger partial charge in [-0.1, -0.05) is 15.9 Å². The molecule has 1 unspecified atom stereocenters. The molecule has 0 aliphatic heterocycles. The Morgan fingerprint density at radius 1 is 1.32 bits per heavy atom. The van der Waals surface area contributed by atoms with Crippen LogP contribution in [0, 0.1) is 0 Å². The van der Waals surface area contributed by atoms with Crippen molar-refractivity contribution in [3.8, 4) is 0 Å². The molecule has 0 aliphatic rings. The van der Waals surface area contributed by atoms with Gasteiger partial charge in [0.15, 0.2) is 5.78 Å². The highest BCUT2D eigenvalue weighted by atomic mass is 79.9. The van der Waals surface area contributed by atoms with Gasteiger partial charge in [0.2, 0.25) is 0 Å². The number of ether oxygens (including phenoxy) is 1. The summed E-state index contributed by atoms with van der Waals surface area (Å²) >= 11 is 3.09. The molecule has 0 radical (unpaired) electrons. The summed E-state index contributed by atoms with van der Waals surface area (Å²) in [7, 11) is 0. The van der Waals surface area contributed by atoms with Crippen LogP contribution in [0.15, 0.2) is 18.2 Å². The summed E-state index contributed by atoms with van der Waals surface area (Å²) in [6, 6.07) is 3.82. The second kappa shape index (κ2) is 6.47. The molecule has 6 heteroatoms. The van der Waals surface area contributed by atoms with Gasteiger partial charge < -0.3 is 9.84 Å². The highest BCUT2D eigenvalue weighted by molar-refractivity contribution is 9.10. The third kappa shape index (κ3) is 3.64. The Hall–Kier alpha value is -1.69. The molecule has 0 aliphatic carbocycles. The lowest BCUT2D eigenvalue weighted by Gasteiger charge is -2.09. The number of halogens is 1. The molecular weight excluding hydrogens is 316 g/mol. The first-order valence-electron chi connectivity index (χ1n) is 5.61. The van der Waals surface area contributed by atoms with Gasteiger partial charge >= 0.3 is 11.9 Å². The number of hydrogen-bond donors (Lipinski definition) is 1. The summed E-state index contributed by atoms with van der Waals surface area (Å²) in [5.74, 6) is -2.20. The zero-order valence-electron chi connectivity index (χ0n) is 10.5. The van der Waals surface area contributed by atoms with Gasteiger partial charge in [-0.25, -0.2) is 9.59 Å². The van der Waals surface area contributed by atoms with E-state index in [2.05, 4.69) is 15.9 Å². The second-order valence-corrected chi connectivity index (χ2v) is 5.14. The van der Waals surface area contributed by atoms with Gasteiger partial charge in [-0.05, 0) is 32.0 Å². The SMILES string of the molecule is CCOC(=O)c1ccc(C(=O)O)c(C(=O)C(C)Br)c1. The number of carbonyl (C=O) groups is 3. The van der Waals surface area contributed by atoms with Gasteiger partial charge in [-0.3, -0.25) is 4.79 Å². The summed E-state index contributed by atoms with van der Waals surface area (Å²) < 4.78 is 4.81. The van der Waals surface area contributed by atoms with Crippen LogP contribution < -0.4 is 0 Å². The molecule has 0 saturated carbocycles. The van der Waals surface area contributed by atoms with E-state index in [4.69, 9.17) is 9.84 Å². The van der Waals surface area contributed by atoms with Gasteiger partial charge in [0.25, 0.3) is 0 Å². The standard InChI is InChI=1S/C13H13BrO5/c1-3-19-13(18)8-4-5-9(12(16)17)10(6-8)11(15)7(2)14/h4-7H,3H2,1-2H3,(H,16,17). The fraction of sp³-hybridized carbons (Fsp3) is 0.308. The first-order valence-corrected chi connectivity index (χ1v) is 6.52. The summed E-state index contributed by atoms with van der Waals surface area (Å²) in [5.41, 5.74) is 0.00938. The third-order valence-corrected chi connectivity index (χ3v) is 2.80. The van der Waals surface area contributed by atoms with E-state index in [0.717, 1.165) is 0 Å². The lowest BCUT2D eigenvalue weighted by atomic mass is 9.99. The average molecular weight is 329 g/mol. The van der Waals surface area contributed by atoms with Crippen LogP contribution in [-0.4, -0.2) is 34.3 Å². The van der Waals surface area contributed by atoms with Crippen molar-refractivity contribution >= 4 is 33.7 Å². The average Bonchev–Trinajstić information content (AvgIpc) is 2.37. The highest BCUT2D eigenvalue weighted by Crippen LogP contribution is 2.18. The maximum absolute atomic E-state index is 11.9. The molecule has 0 spiro atoms. The number of rotatable bonds is 5. The van der Waals surface area contributed by atoms with Crippen molar-refractivity contribution in [1.29, 1.82) is 0 Å². The number of hydrogen-bond acceptors (Lipinski definition) is 4. The van der Waals surface area contributed by atoms with Crippen LogP contribution in [0.5, 0.6) is 0 Å². The first-order chi connectivity index (χ1) is 8.88.